The van der Waals surface area contributed by atoms with E-state index in [2.05, 4.69) is 58.8 Å². The number of carbonyl (C=O) groups excluding carboxylic acids is 1. The van der Waals surface area contributed by atoms with Crippen molar-refractivity contribution in [3.8, 4) is 5.75 Å². The maximum atomic E-state index is 12.8. The summed E-state index contributed by atoms with van der Waals surface area (Å²) >= 11 is 0. The third-order valence-corrected chi connectivity index (χ3v) is 6.78. The molecule has 0 bridgehead atoms. The second-order valence-corrected chi connectivity index (χ2v) is 9.91. The Morgan fingerprint density at radius 3 is 2.24 bits per heavy atom. The topological polar surface area (TPSA) is 70.4 Å². The monoisotopic (exact) mass is 445 g/mol. The number of benzene rings is 2. The summed E-state index contributed by atoms with van der Waals surface area (Å²) in [6.07, 6.45) is 5.65. The molecular weight excluding hydrogens is 414 g/mol. The first-order chi connectivity index (χ1) is 15.8. The predicted octanol–water partition coefficient (Wildman–Crippen LogP) is 5.97. The lowest BCUT2D eigenvalue weighted by molar-refractivity contribution is 0.0181. The van der Waals surface area contributed by atoms with Crippen LogP contribution in [0, 0.1) is 0 Å². The number of nitrogens with zero attached hydrogens (tertiary/aromatic N) is 1. The Balaban J connectivity index is 1.60. The summed E-state index contributed by atoms with van der Waals surface area (Å²) in [7, 11) is 1.70. The van der Waals surface area contributed by atoms with Crippen molar-refractivity contribution in [1.82, 2.24) is 14.9 Å². The van der Waals surface area contributed by atoms with Crippen molar-refractivity contribution in [2.45, 2.75) is 44.6 Å². The van der Waals surface area contributed by atoms with Gasteiger partial charge in [0.05, 0.1) is 7.11 Å². The van der Waals surface area contributed by atoms with Crippen molar-refractivity contribution >= 4 is 27.9 Å². The highest BCUT2D eigenvalue weighted by Gasteiger charge is 2.42. The van der Waals surface area contributed by atoms with Crippen LogP contribution >= 0.6 is 0 Å². The zero-order valence-electron chi connectivity index (χ0n) is 19.7. The molecule has 1 saturated heterocycles. The Bertz CT molecular complexity index is 1300. The molecule has 0 aliphatic carbocycles. The van der Waals surface area contributed by atoms with Crippen LogP contribution < -0.4 is 4.74 Å². The fourth-order valence-corrected chi connectivity index (χ4v) is 5.17. The quantitative estimate of drug-likeness (QED) is 0.408. The minimum absolute atomic E-state index is 0.240. The van der Waals surface area contributed by atoms with Crippen molar-refractivity contribution in [1.29, 1.82) is 0 Å². The molecule has 2 N–H and O–H groups in total. The Morgan fingerprint density at radius 2 is 1.58 bits per heavy atom. The molecule has 4 aromatic rings. The lowest BCUT2D eigenvalue weighted by Gasteiger charge is -2.42. The Kier molecular flexibility index (Phi) is 5.11. The second-order valence-electron chi connectivity index (χ2n) is 9.91. The number of H-pyrrole nitrogens is 2. The normalized spacial score (nSPS) is 16.3. The summed E-state index contributed by atoms with van der Waals surface area (Å²) in [6, 6.07) is 14.6. The number of amides is 1. The zero-order valence-corrected chi connectivity index (χ0v) is 19.7. The van der Waals surface area contributed by atoms with Gasteiger partial charge in [0, 0.05) is 52.7 Å². The number of rotatable bonds is 3. The molecule has 33 heavy (non-hydrogen) atoms. The standard InChI is InChI=1S/C27H31N3O3/c1-26(2,3)33-25(31)30-13-11-27(12-14-30,21-16-28-23-8-6-5-7-19(21)23)22-17-29-24-10-9-18(32-4)15-20(22)24/h5-10,15-17,28-29H,11-14H2,1-4H3. The van der Waals surface area contributed by atoms with Crippen LogP contribution in [0.25, 0.3) is 21.8 Å². The summed E-state index contributed by atoms with van der Waals surface area (Å²) in [5.74, 6) is 0.837. The highest BCUT2D eigenvalue weighted by molar-refractivity contribution is 5.90. The molecule has 0 atom stereocenters. The molecule has 6 nitrogen and oxygen atoms in total. The molecule has 0 unspecified atom stereocenters. The molecule has 0 radical (unpaired) electrons. The number of methoxy groups -OCH3 is 1. The van der Waals surface area contributed by atoms with Crippen LogP contribution in [-0.4, -0.2) is 46.8 Å². The molecule has 172 valence electrons. The van der Waals surface area contributed by atoms with Crippen molar-refractivity contribution < 1.29 is 14.3 Å². The van der Waals surface area contributed by atoms with Crippen molar-refractivity contribution in [3.63, 3.8) is 0 Å². The van der Waals surface area contributed by atoms with E-state index < -0.39 is 5.60 Å². The van der Waals surface area contributed by atoms with E-state index >= 15 is 0 Å². The van der Waals surface area contributed by atoms with Crippen LogP contribution in [0.5, 0.6) is 5.75 Å². The number of hydrogen-bond acceptors (Lipinski definition) is 3. The number of aromatic nitrogens is 2. The molecular formula is C27H31N3O3. The largest absolute Gasteiger partial charge is 0.497 e. The number of para-hydroxylation sites is 1. The summed E-state index contributed by atoms with van der Waals surface area (Å²) in [4.78, 5) is 21.6. The highest BCUT2D eigenvalue weighted by Crippen LogP contribution is 2.47. The number of carbonyl (C=O) groups is 1. The van der Waals surface area contributed by atoms with Gasteiger partial charge in [-0.2, -0.15) is 0 Å². The number of aromatic amines is 2. The SMILES string of the molecule is COc1ccc2[nH]cc(C3(c4c[nH]c5ccccc45)CCN(C(=O)OC(C)(C)C)CC3)c2c1. The van der Waals surface area contributed by atoms with Crippen LogP contribution in [0.1, 0.15) is 44.7 Å². The average molecular weight is 446 g/mol. The molecule has 1 aliphatic rings. The van der Waals surface area contributed by atoms with Gasteiger partial charge in [-0.05, 0) is 69.0 Å². The fourth-order valence-electron chi connectivity index (χ4n) is 5.17. The molecule has 3 heterocycles. The van der Waals surface area contributed by atoms with E-state index in [0.29, 0.717) is 13.1 Å². The Morgan fingerprint density at radius 1 is 0.939 bits per heavy atom. The van der Waals surface area contributed by atoms with Gasteiger partial charge in [-0.15, -0.1) is 0 Å². The first-order valence-electron chi connectivity index (χ1n) is 11.5. The summed E-state index contributed by atoms with van der Waals surface area (Å²) in [5, 5.41) is 2.38. The Labute approximate surface area is 193 Å². The smallest absolute Gasteiger partial charge is 0.410 e. The predicted molar refractivity (Wildman–Crippen MR) is 131 cm³/mol. The molecule has 2 aromatic heterocycles. The molecule has 1 fully saturated rings. The third kappa shape index (κ3) is 3.73. The van der Waals surface area contributed by atoms with Crippen molar-refractivity contribution in [2.75, 3.05) is 20.2 Å². The van der Waals surface area contributed by atoms with E-state index in [1.165, 1.54) is 16.5 Å². The summed E-state index contributed by atoms with van der Waals surface area (Å²) < 4.78 is 11.2. The second kappa shape index (κ2) is 7.87. The van der Waals surface area contributed by atoms with E-state index in [4.69, 9.17) is 9.47 Å². The Hall–Kier alpha value is -3.41. The molecule has 2 aromatic carbocycles. The number of hydrogen-bond donors (Lipinski definition) is 2. The average Bonchev–Trinajstić information content (AvgIpc) is 3.42. The third-order valence-electron chi connectivity index (χ3n) is 6.78. The van der Waals surface area contributed by atoms with Gasteiger partial charge >= 0.3 is 6.09 Å². The maximum Gasteiger partial charge on any atom is 0.410 e. The van der Waals surface area contributed by atoms with Gasteiger partial charge in [0.1, 0.15) is 11.4 Å². The lowest BCUT2D eigenvalue weighted by Crippen LogP contribution is -2.47. The van der Waals surface area contributed by atoms with Gasteiger partial charge in [-0.3, -0.25) is 0 Å². The highest BCUT2D eigenvalue weighted by atomic mass is 16.6. The molecule has 6 heteroatoms. The number of ether oxygens (including phenoxy) is 2. The van der Waals surface area contributed by atoms with E-state index in [1.807, 2.05) is 31.7 Å². The van der Waals surface area contributed by atoms with Gasteiger partial charge in [-0.25, -0.2) is 4.79 Å². The van der Waals surface area contributed by atoms with Crippen molar-refractivity contribution in [3.05, 3.63) is 66.0 Å². The number of fused-ring (bicyclic) bond motifs is 2. The number of piperidine rings is 1. The first kappa shape index (κ1) is 21.4. The van der Waals surface area contributed by atoms with Crippen LogP contribution in [-0.2, 0) is 10.2 Å². The molecule has 0 saturated carbocycles. The minimum Gasteiger partial charge on any atom is -0.497 e. The van der Waals surface area contributed by atoms with E-state index in [-0.39, 0.29) is 11.5 Å². The van der Waals surface area contributed by atoms with Crippen LogP contribution in [0.4, 0.5) is 4.79 Å². The lowest BCUT2D eigenvalue weighted by atomic mass is 9.68. The van der Waals surface area contributed by atoms with Gasteiger partial charge in [0.2, 0.25) is 0 Å². The number of likely N-dealkylation sites (tertiary alicyclic amines) is 1. The van der Waals surface area contributed by atoms with Crippen LogP contribution in [0.15, 0.2) is 54.9 Å². The summed E-state index contributed by atoms with van der Waals surface area (Å²) in [5.41, 5.74) is 3.97. The molecule has 5 rings (SSSR count). The molecule has 1 amide bonds. The maximum absolute atomic E-state index is 12.8. The zero-order chi connectivity index (χ0) is 23.2. The van der Waals surface area contributed by atoms with E-state index in [1.54, 1.807) is 7.11 Å². The molecule has 1 aliphatic heterocycles. The van der Waals surface area contributed by atoms with Gasteiger partial charge in [-0.1, -0.05) is 18.2 Å². The number of nitrogens with one attached hydrogen (secondary N) is 2. The van der Waals surface area contributed by atoms with Crippen LogP contribution in [0.3, 0.4) is 0 Å². The fraction of sp³-hybridized carbons (Fsp3) is 0.370. The van der Waals surface area contributed by atoms with E-state index in [9.17, 15) is 4.79 Å². The van der Waals surface area contributed by atoms with Gasteiger partial charge < -0.3 is 24.3 Å². The first-order valence-corrected chi connectivity index (χ1v) is 11.5. The van der Waals surface area contributed by atoms with E-state index in [0.717, 1.165) is 35.0 Å². The van der Waals surface area contributed by atoms with Crippen molar-refractivity contribution in [2.24, 2.45) is 0 Å². The minimum atomic E-state index is -0.504. The van der Waals surface area contributed by atoms with Gasteiger partial charge in [0.15, 0.2) is 0 Å². The molecule has 0 spiro atoms. The summed E-state index contributed by atoms with van der Waals surface area (Å²) in [6.45, 7) is 6.98. The van der Waals surface area contributed by atoms with Crippen LogP contribution in [0.2, 0.25) is 0 Å². The van der Waals surface area contributed by atoms with Gasteiger partial charge in [0.25, 0.3) is 0 Å².